The summed E-state index contributed by atoms with van der Waals surface area (Å²) in [6, 6.07) is 11.4. The Balaban J connectivity index is 1.57. The van der Waals surface area contributed by atoms with E-state index in [-0.39, 0.29) is 17.9 Å². The zero-order valence-corrected chi connectivity index (χ0v) is 18.4. The molecule has 2 atom stereocenters. The molecule has 0 aliphatic carbocycles. The van der Waals surface area contributed by atoms with Crippen molar-refractivity contribution in [3.05, 3.63) is 63.9 Å². The molecule has 1 amide bonds. The highest BCUT2D eigenvalue weighted by Gasteiger charge is 2.35. The van der Waals surface area contributed by atoms with Gasteiger partial charge in [-0.3, -0.25) is 4.79 Å². The number of benzene rings is 1. The number of allylic oxidation sites excluding steroid dienone is 1. The van der Waals surface area contributed by atoms with Crippen LogP contribution in [0.4, 0.5) is 5.69 Å². The van der Waals surface area contributed by atoms with Crippen molar-refractivity contribution in [3.63, 3.8) is 0 Å². The van der Waals surface area contributed by atoms with E-state index in [2.05, 4.69) is 6.92 Å². The quantitative estimate of drug-likeness (QED) is 0.249. The normalized spacial score (nSPS) is 17.2. The predicted octanol–water partition coefficient (Wildman–Crippen LogP) is 5.05. The number of carbonyl (C=O) groups is 2. The van der Waals surface area contributed by atoms with E-state index < -0.39 is 6.10 Å². The number of anilines is 1. The van der Waals surface area contributed by atoms with Crippen LogP contribution in [0.25, 0.3) is 0 Å². The van der Waals surface area contributed by atoms with Crippen LogP contribution in [-0.4, -0.2) is 30.1 Å². The molecule has 0 spiro atoms. The molecule has 0 bridgehead atoms. The lowest BCUT2D eigenvalue weighted by atomic mass is 9.98. The molecule has 30 heavy (non-hydrogen) atoms. The molecule has 1 saturated heterocycles. The zero-order chi connectivity index (χ0) is 21.5. The molecule has 6 heteroatoms. The summed E-state index contributed by atoms with van der Waals surface area (Å²) < 4.78 is 4.73. The first-order chi connectivity index (χ1) is 14.5. The van der Waals surface area contributed by atoms with Crippen LogP contribution in [0.3, 0.4) is 0 Å². The maximum atomic E-state index is 12.2. The number of rotatable bonds is 10. The van der Waals surface area contributed by atoms with Crippen molar-refractivity contribution in [2.24, 2.45) is 0 Å². The van der Waals surface area contributed by atoms with Crippen molar-refractivity contribution in [2.75, 3.05) is 12.0 Å². The fourth-order valence-electron chi connectivity index (χ4n) is 3.58. The third kappa shape index (κ3) is 5.37. The summed E-state index contributed by atoms with van der Waals surface area (Å²) in [4.78, 5) is 27.2. The number of nitrogens with zero attached hydrogens (tertiary/aromatic N) is 1. The Kier molecular flexibility index (Phi) is 7.82. The van der Waals surface area contributed by atoms with Crippen molar-refractivity contribution in [1.82, 2.24) is 0 Å². The summed E-state index contributed by atoms with van der Waals surface area (Å²) in [7, 11) is 1.38. The molecule has 1 aromatic heterocycles. The number of amides is 1. The van der Waals surface area contributed by atoms with E-state index in [1.807, 2.05) is 42.5 Å². The lowest BCUT2D eigenvalue weighted by molar-refractivity contribution is -0.123. The third-order valence-corrected chi connectivity index (χ3v) is 6.43. The largest absolute Gasteiger partial charge is 0.465 e. The van der Waals surface area contributed by atoms with Gasteiger partial charge in [0.15, 0.2) is 0 Å². The minimum atomic E-state index is -0.450. The second kappa shape index (κ2) is 10.5. The summed E-state index contributed by atoms with van der Waals surface area (Å²) in [5.74, 6) is -0.213. The Labute approximate surface area is 182 Å². The van der Waals surface area contributed by atoms with E-state index in [0.717, 1.165) is 41.8 Å². The van der Waals surface area contributed by atoms with Crippen molar-refractivity contribution in [2.45, 2.75) is 57.6 Å². The number of hydrogen-bond acceptors (Lipinski definition) is 5. The Morgan fingerprint density at radius 1 is 1.27 bits per heavy atom. The van der Waals surface area contributed by atoms with Gasteiger partial charge in [-0.05, 0) is 42.7 Å². The van der Waals surface area contributed by atoms with Gasteiger partial charge in [0.25, 0.3) is 0 Å². The summed E-state index contributed by atoms with van der Waals surface area (Å²) in [6.07, 6.45) is 8.89. The Morgan fingerprint density at radius 3 is 2.70 bits per heavy atom. The third-order valence-electron chi connectivity index (χ3n) is 5.35. The molecule has 1 aliphatic rings. The van der Waals surface area contributed by atoms with E-state index in [4.69, 9.17) is 4.74 Å². The van der Waals surface area contributed by atoms with Crippen molar-refractivity contribution in [3.8, 4) is 0 Å². The highest BCUT2D eigenvalue weighted by molar-refractivity contribution is 7.13. The van der Waals surface area contributed by atoms with Crippen LogP contribution in [-0.2, 0) is 16.0 Å². The SMILES string of the molecule is CCCCCC(O)c1ccc(N2C(=O)C[C@@H]2C=CCc2ccc(C(=O)OC)s2)cc1. The predicted molar refractivity (Wildman–Crippen MR) is 120 cm³/mol. The average Bonchev–Trinajstić information content (AvgIpc) is 3.22. The number of carbonyl (C=O) groups excluding carboxylic acids is 2. The van der Waals surface area contributed by atoms with Gasteiger partial charge in [0, 0.05) is 10.6 Å². The van der Waals surface area contributed by atoms with Gasteiger partial charge < -0.3 is 14.7 Å². The number of esters is 1. The van der Waals surface area contributed by atoms with E-state index in [9.17, 15) is 14.7 Å². The fourth-order valence-corrected chi connectivity index (χ4v) is 4.48. The summed E-state index contributed by atoms with van der Waals surface area (Å²) in [5.41, 5.74) is 1.75. The fraction of sp³-hybridized carbons (Fsp3) is 0.417. The molecule has 1 fully saturated rings. The monoisotopic (exact) mass is 427 g/mol. The Hall–Kier alpha value is -2.44. The zero-order valence-electron chi connectivity index (χ0n) is 17.5. The van der Waals surface area contributed by atoms with Crippen molar-refractivity contribution < 1.29 is 19.4 Å². The van der Waals surface area contributed by atoms with Crippen LogP contribution in [0.1, 0.15) is 65.2 Å². The molecule has 2 heterocycles. The number of methoxy groups -OCH3 is 1. The number of thiophene rings is 1. The summed E-state index contributed by atoms with van der Waals surface area (Å²) in [6.45, 7) is 2.15. The molecular formula is C24H29NO4S. The standard InChI is InChI=1S/C24H29NO4S/c1-3-4-5-9-21(26)17-10-12-18(13-11-17)25-19(16-23(25)27)7-6-8-20-14-15-22(30-20)24(28)29-2/h6-7,10-15,19,21,26H,3-5,8-9,16H2,1-2H3/t19-,21?/m0/s1. The number of β-lactam (4-membered cyclic amide) rings is 1. The van der Waals surface area contributed by atoms with Gasteiger partial charge in [-0.15, -0.1) is 11.3 Å². The van der Waals surface area contributed by atoms with Crippen molar-refractivity contribution >= 4 is 28.9 Å². The molecule has 2 aromatic rings. The van der Waals surface area contributed by atoms with Gasteiger partial charge in [-0.1, -0.05) is 50.5 Å². The lowest BCUT2D eigenvalue weighted by Gasteiger charge is -2.39. The molecule has 5 nitrogen and oxygen atoms in total. The maximum absolute atomic E-state index is 12.2. The number of hydrogen-bond donors (Lipinski definition) is 1. The van der Waals surface area contributed by atoms with Gasteiger partial charge in [-0.25, -0.2) is 4.79 Å². The highest BCUT2D eigenvalue weighted by atomic mass is 32.1. The van der Waals surface area contributed by atoms with Crippen LogP contribution in [0, 0.1) is 0 Å². The minimum absolute atomic E-state index is 0.0397. The Bertz CT molecular complexity index is 887. The van der Waals surface area contributed by atoms with Crippen LogP contribution in [0.2, 0.25) is 0 Å². The smallest absolute Gasteiger partial charge is 0.348 e. The van der Waals surface area contributed by atoms with Crippen LogP contribution < -0.4 is 4.90 Å². The van der Waals surface area contributed by atoms with Gasteiger partial charge in [0.2, 0.25) is 5.91 Å². The lowest BCUT2D eigenvalue weighted by Crippen LogP contribution is -2.51. The second-order valence-corrected chi connectivity index (χ2v) is 8.70. The van der Waals surface area contributed by atoms with Crippen LogP contribution in [0.15, 0.2) is 48.6 Å². The van der Waals surface area contributed by atoms with Crippen LogP contribution >= 0.6 is 11.3 Å². The number of unbranched alkanes of at least 4 members (excludes halogenated alkanes) is 2. The summed E-state index contributed by atoms with van der Waals surface area (Å²) >= 11 is 1.42. The average molecular weight is 428 g/mol. The highest BCUT2D eigenvalue weighted by Crippen LogP contribution is 2.30. The van der Waals surface area contributed by atoms with Crippen molar-refractivity contribution in [1.29, 1.82) is 0 Å². The topological polar surface area (TPSA) is 66.8 Å². The van der Waals surface area contributed by atoms with Gasteiger partial charge in [-0.2, -0.15) is 0 Å². The van der Waals surface area contributed by atoms with E-state index in [0.29, 0.717) is 17.7 Å². The Morgan fingerprint density at radius 2 is 2.03 bits per heavy atom. The molecule has 0 saturated carbocycles. The van der Waals surface area contributed by atoms with E-state index >= 15 is 0 Å². The van der Waals surface area contributed by atoms with Gasteiger partial charge in [0.05, 0.1) is 25.7 Å². The number of aliphatic hydroxyl groups excluding tert-OH is 1. The van der Waals surface area contributed by atoms with Crippen LogP contribution in [0.5, 0.6) is 0 Å². The summed E-state index contributed by atoms with van der Waals surface area (Å²) in [5, 5.41) is 10.3. The molecular weight excluding hydrogens is 398 g/mol. The number of aliphatic hydroxyl groups is 1. The second-order valence-electron chi connectivity index (χ2n) is 7.53. The number of ether oxygens (including phenoxy) is 1. The van der Waals surface area contributed by atoms with E-state index in [1.54, 1.807) is 11.0 Å². The first-order valence-electron chi connectivity index (χ1n) is 10.5. The van der Waals surface area contributed by atoms with E-state index in [1.165, 1.54) is 18.4 Å². The first-order valence-corrected chi connectivity index (χ1v) is 11.3. The molecule has 3 rings (SSSR count). The molecule has 1 N–H and O–H groups in total. The molecule has 1 unspecified atom stereocenters. The molecule has 160 valence electrons. The minimum Gasteiger partial charge on any atom is -0.465 e. The molecule has 1 aliphatic heterocycles. The maximum Gasteiger partial charge on any atom is 0.348 e. The van der Waals surface area contributed by atoms with Gasteiger partial charge in [0.1, 0.15) is 4.88 Å². The van der Waals surface area contributed by atoms with Gasteiger partial charge >= 0.3 is 5.97 Å². The first kappa shape index (κ1) is 22.2. The molecule has 1 aromatic carbocycles. The molecule has 0 radical (unpaired) electrons.